The molecule has 0 aromatic carbocycles. The Balaban J connectivity index is 1.60. The maximum Gasteiger partial charge on any atom is 0.121 e. The molecule has 0 bridgehead atoms. The minimum atomic E-state index is 0.0620. The predicted molar refractivity (Wildman–Crippen MR) is 71.2 cm³/mol. The first-order chi connectivity index (χ1) is 8.29. The van der Waals surface area contributed by atoms with Crippen molar-refractivity contribution in [1.29, 1.82) is 0 Å². The van der Waals surface area contributed by atoms with Gasteiger partial charge in [-0.15, -0.1) is 0 Å². The second-order valence-corrected chi connectivity index (χ2v) is 7.77. The van der Waals surface area contributed by atoms with Crippen molar-refractivity contribution in [3.8, 4) is 0 Å². The van der Waals surface area contributed by atoms with Gasteiger partial charge in [0.05, 0.1) is 5.60 Å². The van der Waals surface area contributed by atoms with Crippen LogP contribution in [0.25, 0.3) is 0 Å². The summed E-state index contributed by atoms with van der Waals surface area (Å²) in [5.74, 6) is 2.55. The molecule has 0 unspecified atom stereocenters. The molecular formula is C14H23NOS. The topological polar surface area (TPSA) is 21.3 Å². The number of hydrogen-bond donors (Lipinski definition) is 1. The fourth-order valence-corrected chi connectivity index (χ4v) is 5.51. The third-order valence-electron chi connectivity index (χ3n) is 5.88. The molecule has 2 nitrogen and oxygen atoms in total. The summed E-state index contributed by atoms with van der Waals surface area (Å²) in [6.07, 6.45) is 10.7. The van der Waals surface area contributed by atoms with Crippen LogP contribution in [-0.2, 0) is 4.74 Å². The molecule has 4 aliphatic rings. The minimum absolute atomic E-state index is 0.0620. The molecule has 2 aliphatic carbocycles. The van der Waals surface area contributed by atoms with Crippen molar-refractivity contribution in [1.82, 2.24) is 5.32 Å². The van der Waals surface area contributed by atoms with E-state index in [4.69, 9.17) is 4.74 Å². The highest BCUT2D eigenvalue weighted by atomic mass is 32.2. The van der Waals surface area contributed by atoms with Crippen LogP contribution in [0.5, 0.6) is 0 Å². The van der Waals surface area contributed by atoms with Gasteiger partial charge in [0.15, 0.2) is 0 Å². The van der Waals surface area contributed by atoms with Gasteiger partial charge in [-0.1, -0.05) is 6.42 Å². The maximum atomic E-state index is 6.77. The van der Waals surface area contributed by atoms with Crippen molar-refractivity contribution in [2.75, 3.05) is 18.1 Å². The molecule has 0 aromatic rings. The van der Waals surface area contributed by atoms with Gasteiger partial charge in [-0.3, -0.25) is 5.32 Å². The van der Waals surface area contributed by atoms with Crippen LogP contribution in [-0.4, -0.2) is 29.4 Å². The second-order valence-electron chi connectivity index (χ2n) is 6.54. The zero-order chi connectivity index (χ0) is 11.4. The Labute approximate surface area is 108 Å². The van der Waals surface area contributed by atoms with E-state index in [-0.39, 0.29) is 5.72 Å². The Morgan fingerprint density at radius 3 is 2.12 bits per heavy atom. The van der Waals surface area contributed by atoms with E-state index >= 15 is 0 Å². The highest BCUT2D eigenvalue weighted by Gasteiger charge is 2.63. The SMILES string of the molecule is C1CC2(C1)CNC1(CCSCC1)OC21CCC1. The molecule has 2 saturated heterocycles. The molecule has 2 saturated carbocycles. The molecule has 2 aliphatic heterocycles. The summed E-state index contributed by atoms with van der Waals surface area (Å²) in [6, 6.07) is 0. The monoisotopic (exact) mass is 253 g/mol. The Hall–Kier alpha value is 0.270. The van der Waals surface area contributed by atoms with Gasteiger partial charge >= 0.3 is 0 Å². The molecule has 3 spiro atoms. The lowest BCUT2D eigenvalue weighted by Gasteiger charge is -2.67. The van der Waals surface area contributed by atoms with E-state index in [1.165, 1.54) is 69.4 Å². The van der Waals surface area contributed by atoms with Crippen LogP contribution in [0, 0.1) is 5.41 Å². The van der Waals surface area contributed by atoms with Crippen LogP contribution in [0.3, 0.4) is 0 Å². The van der Waals surface area contributed by atoms with Gasteiger partial charge in [-0.25, -0.2) is 0 Å². The van der Waals surface area contributed by atoms with Crippen molar-refractivity contribution in [3.63, 3.8) is 0 Å². The first-order valence-electron chi connectivity index (χ1n) is 7.31. The third-order valence-corrected chi connectivity index (χ3v) is 6.86. The predicted octanol–water partition coefficient (Wildman–Crippen LogP) is 2.92. The number of hydrogen-bond acceptors (Lipinski definition) is 3. The third kappa shape index (κ3) is 1.42. The molecule has 2 heterocycles. The molecule has 96 valence electrons. The van der Waals surface area contributed by atoms with Crippen molar-refractivity contribution in [2.24, 2.45) is 5.41 Å². The van der Waals surface area contributed by atoms with E-state index in [1.54, 1.807) is 0 Å². The van der Waals surface area contributed by atoms with Gasteiger partial charge in [-0.2, -0.15) is 11.8 Å². The van der Waals surface area contributed by atoms with Gasteiger partial charge in [0.25, 0.3) is 0 Å². The van der Waals surface area contributed by atoms with Gasteiger partial charge in [0, 0.05) is 12.0 Å². The summed E-state index contributed by atoms with van der Waals surface area (Å²) < 4.78 is 6.77. The van der Waals surface area contributed by atoms with E-state index in [2.05, 4.69) is 17.1 Å². The lowest BCUT2D eigenvalue weighted by molar-refractivity contribution is -0.307. The molecular weight excluding hydrogens is 230 g/mol. The molecule has 0 atom stereocenters. The first-order valence-corrected chi connectivity index (χ1v) is 8.47. The highest BCUT2D eigenvalue weighted by molar-refractivity contribution is 7.99. The first kappa shape index (κ1) is 11.1. The molecule has 4 rings (SSSR count). The quantitative estimate of drug-likeness (QED) is 0.717. The summed E-state index contributed by atoms with van der Waals surface area (Å²) in [4.78, 5) is 0. The fourth-order valence-electron chi connectivity index (χ4n) is 4.36. The minimum Gasteiger partial charge on any atom is -0.354 e. The fraction of sp³-hybridized carbons (Fsp3) is 1.00. The average molecular weight is 253 g/mol. The molecule has 0 amide bonds. The Bertz CT molecular complexity index is 316. The molecule has 0 radical (unpaired) electrons. The molecule has 0 aromatic heterocycles. The summed E-state index contributed by atoms with van der Waals surface area (Å²) in [5.41, 5.74) is 0.881. The largest absolute Gasteiger partial charge is 0.354 e. The smallest absolute Gasteiger partial charge is 0.121 e. The summed E-state index contributed by atoms with van der Waals surface area (Å²) in [7, 11) is 0. The second kappa shape index (κ2) is 3.64. The van der Waals surface area contributed by atoms with Gasteiger partial charge in [0.2, 0.25) is 0 Å². The van der Waals surface area contributed by atoms with Crippen LogP contribution in [0.4, 0.5) is 0 Å². The average Bonchev–Trinajstić information content (AvgIpc) is 2.26. The van der Waals surface area contributed by atoms with Crippen molar-refractivity contribution in [2.45, 2.75) is 62.7 Å². The van der Waals surface area contributed by atoms with Crippen LogP contribution in [0.1, 0.15) is 51.4 Å². The standard InChI is InChI=1S/C14H23NOS/c1-3-12(4-1)11-15-14(7-9-17-10-8-14)16-13(12)5-2-6-13/h15H,1-11H2. The van der Waals surface area contributed by atoms with Gasteiger partial charge in [0.1, 0.15) is 5.72 Å². The van der Waals surface area contributed by atoms with Crippen molar-refractivity contribution >= 4 is 11.8 Å². The van der Waals surface area contributed by atoms with E-state index in [0.29, 0.717) is 11.0 Å². The van der Waals surface area contributed by atoms with Crippen molar-refractivity contribution in [3.05, 3.63) is 0 Å². The van der Waals surface area contributed by atoms with E-state index in [0.717, 1.165) is 0 Å². The zero-order valence-electron chi connectivity index (χ0n) is 10.6. The molecule has 3 heteroatoms. The Kier molecular flexibility index (Phi) is 2.38. The van der Waals surface area contributed by atoms with E-state index in [9.17, 15) is 0 Å². The molecule has 1 N–H and O–H groups in total. The van der Waals surface area contributed by atoms with Gasteiger partial charge in [-0.05, 0) is 56.5 Å². The Morgan fingerprint density at radius 1 is 0.882 bits per heavy atom. The maximum absolute atomic E-state index is 6.77. The molecule has 17 heavy (non-hydrogen) atoms. The van der Waals surface area contributed by atoms with Crippen LogP contribution in [0.2, 0.25) is 0 Å². The normalized spacial score (nSPS) is 36.7. The summed E-state index contributed by atoms with van der Waals surface area (Å²) >= 11 is 2.09. The zero-order valence-corrected chi connectivity index (χ0v) is 11.4. The molecule has 4 fully saturated rings. The van der Waals surface area contributed by atoms with E-state index < -0.39 is 0 Å². The number of nitrogens with one attached hydrogen (secondary N) is 1. The Morgan fingerprint density at radius 2 is 1.59 bits per heavy atom. The summed E-state index contributed by atoms with van der Waals surface area (Å²) in [5, 5.41) is 3.82. The van der Waals surface area contributed by atoms with Crippen LogP contribution in [0.15, 0.2) is 0 Å². The number of thioether (sulfide) groups is 1. The van der Waals surface area contributed by atoms with Crippen LogP contribution < -0.4 is 5.32 Å². The van der Waals surface area contributed by atoms with Crippen molar-refractivity contribution < 1.29 is 4.74 Å². The van der Waals surface area contributed by atoms with Gasteiger partial charge < -0.3 is 4.74 Å². The summed E-state index contributed by atoms with van der Waals surface area (Å²) in [6.45, 7) is 1.23. The number of fused-ring (bicyclic) bond motifs is 1. The number of rotatable bonds is 0. The van der Waals surface area contributed by atoms with E-state index in [1.807, 2.05) is 0 Å². The van der Waals surface area contributed by atoms with Crippen LogP contribution >= 0.6 is 11.8 Å². The lowest BCUT2D eigenvalue weighted by Crippen LogP contribution is -2.73. The highest BCUT2D eigenvalue weighted by Crippen LogP contribution is 2.62. The number of ether oxygens (including phenoxy) is 1. The lowest BCUT2D eigenvalue weighted by atomic mass is 9.51.